The zero-order valence-corrected chi connectivity index (χ0v) is 18.1. The quantitative estimate of drug-likeness (QED) is 0.426. The van der Waals surface area contributed by atoms with Crippen molar-refractivity contribution in [1.82, 2.24) is 0 Å². The van der Waals surface area contributed by atoms with E-state index in [2.05, 4.69) is 5.32 Å². The van der Waals surface area contributed by atoms with Gasteiger partial charge < -0.3 is 5.32 Å². The molecule has 0 heterocycles. The second-order valence-electron chi connectivity index (χ2n) is 6.68. The molecule has 0 fully saturated rings. The van der Waals surface area contributed by atoms with Crippen LogP contribution in [0.4, 0.5) is 17.1 Å². The fourth-order valence-electron chi connectivity index (χ4n) is 2.78. The summed E-state index contributed by atoms with van der Waals surface area (Å²) in [4.78, 5) is 23.1. The fraction of sp³-hybridized carbons (Fsp3) is 0.0952. The van der Waals surface area contributed by atoms with E-state index in [1.165, 1.54) is 67.7 Å². The summed E-state index contributed by atoms with van der Waals surface area (Å²) in [7, 11) is -2.39. The van der Waals surface area contributed by atoms with E-state index < -0.39 is 20.9 Å². The molecule has 0 saturated heterocycles. The Morgan fingerprint density at radius 2 is 1.65 bits per heavy atom. The number of anilines is 2. The molecule has 3 aromatic carbocycles. The van der Waals surface area contributed by atoms with Crippen LogP contribution in [-0.4, -0.2) is 26.3 Å². The molecular formula is C21H18ClN3O5S. The molecular weight excluding hydrogens is 442 g/mol. The third kappa shape index (κ3) is 4.84. The summed E-state index contributed by atoms with van der Waals surface area (Å²) in [5.41, 5.74) is 1.49. The summed E-state index contributed by atoms with van der Waals surface area (Å²) in [6.07, 6.45) is 0. The van der Waals surface area contributed by atoms with E-state index in [0.717, 1.165) is 4.31 Å². The molecule has 0 atom stereocenters. The van der Waals surface area contributed by atoms with Crippen LogP contribution in [0.3, 0.4) is 0 Å². The van der Waals surface area contributed by atoms with E-state index in [0.29, 0.717) is 22.0 Å². The van der Waals surface area contributed by atoms with Crippen molar-refractivity contribution < 1.29 is 18.1 Å². The molecule has 0 saturated carbocycles. The number of aryl methyl sites for hydroxylation is 1. The van der Waals surface area contributed by atoms with E-state index in [4.69, 9.17) is 11.6 Å². The highest BCUT2D eigenvalue weighted by Crippen LogP contribution is 2.25. The lowest BCUT2D eigenvalue weighted by Gasteiger charge is -2.20. The molecule has 1 amide bonds. The molecule has 1 N–H and O–H groups in total. The van der Waals surface area contributed by atoms with Crippen LogP contribution >= 0.6 is 11.6 Å². The van der Waals surface area contributed by atoms with Crippen molar-refractivity contribution >= 4 is 44.6 Å². The Morgan fingerprint density at radius 1 is 1.03 bits per heavy atom. The molecule has 0 aliphatic heterocycles. The Morgan fingerprint density at radius 3 is 2.23 bits per heavy atom. The maximum atomic E-state index is 12.8. The minimum absolute atomic E-state index is 0.0855. The number of nitrogens with one attached hydrogen (secondary N) is 1. The lowest BCUT2D eigenvalue weighted by Crippen LogP contribution is -2.26. The number of nitrogens with zero attached hydrogens (tertiary/aromatic N) is 2. The lowest BCUT2D eigenvalue weighted by atomic mass is 10.1. The molecule has 0 spiro atoms. The number of hydrogen-bond acceptors (Lipinski definition) is 5. The molecule has 0 bridgehead atoms. The molecule has 8 nitrogen and oxygen atoms in total. The number of carbonyl (C=O) groups is 1. The van der Waals surface area contributed by atoms with Gasteiger partial charge in [-0.25, -0.2) is 8.42 Å². The number of benzene rings is 3. The van der Waals surface area contributed by atoms with E-state index in [1.54, 1.807) is 13.0 Å². The first-order chi connectivity index (χ1) is 14.6. The second-order valence-corrected chi connectivity index (χ2v) is 9.09. The topological polar surface area (TPSA) is 110 Å². The van der Waals surface area contributed by atoms with E-state index in [1.807, 2.05) is 0 Å². The van der Waals surface area contributed by atoms with Crippen LogP contribution in [0, 0.1) is 17.0 Å². The van der Waals surface area contributed by atoms with Gasteiger partial charge in [0.05, 0.1) is 21.2 Å². The van der Waals surface area contributed by atoms with Gasteiger partial charge in [0.25, 0.3) is 21.6 Å². The first kappa shape index (κ1) is 22.3. The maximum Gasteiger partial charge on any atom is 0.271 e. The van der Waals surface area contributed by atoms with Gasteiger partial charge in [0.2, 0.25) is 0 Å². The number of amides is 1. The summed E-state index contributed by atoms with van der Waals surface area (Å²) in [5, 5.41) is 14.0. The van der Waals surface area contributed by atoms with Gasteiger partial charge in [0.15, 0.2) is 0 Å². The number of sulfonamides is 1. The van der Waals surface area contributed by atoms with Crippen LogP contribution in [0.1, 0.15) is 15.9 Å². The van der Waals surface area contributed by atoms with Gasteiger partial charge in [-0.1, -0.05) is 17.7 Å². The number of nitro groups is 1. The minimum atomic E-state index is -3.80. The molecule has 0 radical (unpaired) electrons. The highest BCUT2D eigenvalue weighted by atomic mass is 35.5. The van der Waals surface area contributed by atoms with Crippen LogP contribution in [-0.2, 0) is 10.0 Å². The smallest absolute Gasteiger partial charge is 0.271 e. The Kier molecular flexibility index (Phi) is 6.28. The normalized spacial score (nSPS) is 11.1. The van der Waals surface area contributed by atoms with Crippen molar-refractivity contribution in [3.63, 3.8) is 0 Å². The van der Waals surface area contributed by atoms with Crippen molar-refractivity contribution in [3.05, 3.63) is 93.0 Å². The Bertz CT molecular complexity index is 1240. The molecule has 10 heteroatoms. The average Bonchev–Trinajstić information content (AvgIpc) is 2.75. The Hall–Kier alpha value is -3.43. The standard InChI is InChI=1S/C21H18ClN3O5S/c1-14-3-8-18(25(27)28)13-20(14)23-21(26)15-4-9-17(10-5-15)24(2)31(29,30)19-11-6-16(22)7-12-19/h3-13H,1-2H3,(H,23,26). The summed E-state index contributed by atoms with van der Waals surface area (Å²) in [6.45, 7) is 1.72. The molecule has 3 aromatic rings. The fourth-order valence-corrected chi connectivity index (χ4v) is 4.10. The summed E-state index contributed by atoms with van der Waals surface area (Å²) >= 11 is 5.82. The summed E-state index contributed by atoms with van der Waals surface area (Å²) < 4.78 is 26.7. The Labute approximate surface area is 184 Å². The molecule has 31 heavy (non-hydrogen) atoms. The van der Waals surface area contributed by atoms with Crippen molar-refractivity contribution in [3.8, 4) is 0 Å². The van der Waals surface area contributed by atoms with Gasteiger partial charge in [0, 0.05) is 29.8 Å². The van der Waals surface area contributed by atoms with Crippen LogP contribution < -0.4 is 9.62 Å². The van der Waals surface area contributed by atoms with Crippen molar-refractivity contribution in [2.75, 3.05) is 16.7 Å². The van der Waals surface area contributed by atoms with Gasteiger partial charge in [-0.15, -0.1) is 0 Å². The first-order valence-electron chi connectivity index (χ1n) is 9.00. The SMILES string of the molecule is Cc1ccc([N+](=O)[O-])cc1NC(=O)c1ccc(N(C)S(=O)(=O)c2ccc(Cl)cc2)cc1. The molecule has 0 aromatic heterocycles. The van der Waals surface area contributed by atoms with Gasteiger partial charge in [-0.3, -0.25) is 19.2 Å². The lowest BCUT2D eigenvalue weighted by molar-refractivity contribution is -0.384. The largest absolute Gasteiger partial charge is 0.321 e. The van der Waals surface area contributed by atoms with Gasteiger partial charge in [-0.2, -0.15) is 0 Å². The second kappa shape index (κ2) is 8.75. The predicted octanol–water partition coefficient (Wildman–Crippen LogP) is 4.63. The molecule has 0 unspecified atom stereocenters. The molecule has 0 aliphatic carbocycles. The number of hydrogen-bond donors (Lipinski definition) is 1. The van der Waals surface area contributed by atoms with Crippen molar-refractivity contribution in [2.45, 2.75) is 11.8 Å². The molecule has 3 rings (SSSR count). The van der Waals surface area contributed by atoms with Gasteiger partial charge >= 0.3 is 0 Å². The van der Waals surface area contributed by atoms with Crippen LogP contribution in [0.5, 0.6) is 0 Å². The zero-order valence-electron chi connectivity index (χ0n) is 16.6. The van der Waals surface area contributed by atoms with Crippen molar-refractivity contribution in [2.24, 2.45) is 0 Å². The number of nitro benzene ring substituents is 1. The number of non-ortho nitro benzene ring substituents is 1. The van der Waals surface area contributed by atoms with E-state index >= 15 is 0 Å². The monoisotopic (exact) mass is 459 g/mol. The van der Waals surface area contributed by atoms with Gasteiger partial charge in [0.1, 0.15) is 0 Å². The summed E-state index contributed by atoms with van der Waals surface area (Å²) in [6, 6.07) is 16.0. The van der Waals surface area contributed by atoms with E-state index in [-0.39, 0.29) is 16.1 Å². The number of carbonyl (C=O) groups excluding carboxylic acids is 1. The first-order valence-corrected chi connectivity index (χ1v) is 10.8. The minimum Gasteiger partial charge on any atom is -0.321 e. The van der Waals surface area contributed by atoms with Crippen LogP contribution in [0.25, 0.3) is 0 Å². The van der Waals surface area contributed by atoms with Crippen LogP contribution in [0.2, 0.25) is 5.02 Å². The Balaban J connectivity index is 1.79. The van der Waals surface area contributed by atoms with Crippen molar-refractivity contribution in [1.29, 1.82) is 0 Å². The van der Waals surface area contributed by atoms with Gasteiger partial charge in [-0.05, 0) is 61.0 Å². The zero-order chi connectivity index (χ0) is 22.8. The average molecular weight is 460 g/mol. The maximum absolute atomic E-state index is 12.8. The number of rotatable bonds is 6. The molecule has 0 aliphatic rings. The number of halogens is 1. The highest BCUT2D eigenvalue weighted by molar-refractivity contribution is 7.92. The summed E-state index contributed by atoms with van der Waals surface area (Å²) in [5.74, 6) is -0.474. The third-order valence-corrected chi connectivity index (χ3v) is 6.70. The van der Waals surface area contributed by atoms with E-state index in [9.17, 15) is 23.3 Å². The molecule has 160 valence electrons. The third-order valence-electron chi connectivity index (χ3n) is 4.65. The predicted molar refractivity (Wildman–Crippen MR) is 119 cm³/mol. The highest BCUT2D eigenvalue weighted by Gasteiger charge is 2.21. The van der Waals surface area contributed by atoms with Crippen LogP contribution in [0.15, 0.2) is 71.6 Å².